The highest BCUT2D eigenvalue weighted by molar-refractivity contribution is 9.10. The second-order valence-electron chi connectivity index (χ2n) is 6.27. The summed E-state index contributed by atoms with van der Waals surface area (Å²) in [6, 6.07) is 25.1. The second kappa shape index (κ2) is 8.10. The molecule has 2 N–H and O–H groups in total. The zero-order valence-electron chi connectivity index (χ0n) is 15.0. The molecule has 146 valence electrons. The average Bonchev–Trinajstić information content (AvgIpc) is 2.72. The highest BCUT2D eigenvalue weighted by atomic mass is 79.9. The quantitative estimate of drug-likeness (QED) is 0.327. The fourth-order valence-electron chi connectivity index (χ4n) is 2.97. The third-order valence-electron chi connectivity index (χ3n) is 4.32. The fraction of sp³-hybridized carbons (Fsp3) is 0. The predicted molar refractivity (Wildman–Crippen MR) is 121 cm³/mol. The number of benzene rings is 4. The van der Waals surface area contributed by atoms with Crippen LogP contribution in [0.1, 0.15) is 0 Å². The summed E-state index contributed by atoms with van der Waals surface area (Å²) < 4.78 is 29.2. The number of fused-ring (bicyclic) bond motifs is 1. The van der Waals surface area contributed by atoms with Crippen LogP contribution in [0.2, 0.25) is 0 Å². The van der Waals surface area contributed by atoms with E-state index in [2.05, 4.69) is 20.7 Å². The van der Waals surface area contributed by atoms with Crippen LogP contribution in [0, 0.1) is 0 Å². The Kier molecular flexibility index (Phi) is 5.54. The molecule has 0 aliphatic heterocycles. The Bertz CT molecular complexity index is 1290. The summed E-state index contributed by atoms with van der Waals surface area (Å²) in [5.41, 5.74) is 0.410. The summed E-state index contributed by atoms with van der Waals surface area (Å²) in [4.78, 5) is 1.66. The van der Waals surface area contributed by atoms with Gasteiger partial charge in [-0.1, -0.05) is 66.4 Å². The van der Waals surface area contributed by atoms with Gasteiger partial charge in [-0.2, -0.15) is 0 Å². The van der Waals surface area contributed by atoms with Crippen LogP contribution in [0.25, 0.3) is 10.8 Å². The number of hydrogen-bond acceptors (Lipinski definition) is 4. The van der Waals surface area contributed by atoms with Gasteiger partial charge in [0, 0.05) is 20.1 Å². The van der Waals surface area contributed by atoms with E-state index in [4.69, 9.17) is 0 Å². The molecule has 0 bridgehead atoms. The Morgan fingerprint density at radius 3 is 2.17 bits per heavy atom. The van der Waals surface area contributed by atoms with E-state index in [0.29, 0.717) is 25.8 Å². The molecular weight excluding hydrogens is 470 g/mol. The number of nitrogens with one attached hydrogen (secondary N) is 1. The normalized spacial score (nSPS) is 11.5. The summed E-state index contributed by atoms with van der Waals surface area (Å²) >= 11 is 4.68. The van der Waals surface area contributed by atoms with E-state index in [-0.39, 0.29) is 10.6 Å². The largest absolute Gasteiger partial charge is 0.506 e. The molecule has 0 unspecified atom stereocenters. The predicted octanol–water partition coefficient (Wildman–Crippen LogP) is 6.26. The standard InChI is InChI=1S/C22H16BrNO3S2/c23-18-12-6-7-13-21(18)29(26,27)24-19-14-20(28-15-8-2-1-3-9-15)22(25)17-11-5-4-10-16(17)19/h1-14,24-25H. The van der Waals surface area contributed by atoms with Crippen molar-refractivity contribution in [3.8, 4) is 5.75 Å². The van der Waals surface area contributed by atoms with Crippen molar-refractivity contribution in [2.24, 2.45) is 0 Å². The zero-order chi connectivity index (χ0) is 20.4. The van der Waals surface area contributed by atoms with Crippen molar-refractivity contribution >= 4 is 54.2 Å². The lowest BCUT2D eigenvalue weighted by Crippen LogP contribution is -2.14. The van der Waals surface area contributed by atoms with Crippen LogP contribution >= 0.6 is 27.7 Å². The van der Waals surface area contributed by atoms with Crippen molar-refractivity contribution < 1.29 is 13.5 Å². The van der Waals surface area contributed by atoms with Crippen molar-refractivity contribution in [2.45, 2.75) is 14.7 Å². The number of anilines is 1. The molecule has 0 heterocycles. The summed E-state index contributed by atoms with van der Waals surface area (Å²) in [6.07, 6.45) is 0. The first-order chi connectivity index (χ1) is 14.0. The molecular formula is C22H16BrNO3S2. The lowest BCUT2D eigenvalue weighted by Gasteiger charge is -2.15. The number of phenols is 1. The van der Waals surface area contributed by atoms with Crippen LogP contribution < -0.4 is 4.72 Å². The number of sulfonamides is 1. The number of phenolic OH excluding ortho intramolecular Hbond substituents is 1. The molecule has 0 saturated heterocycles. The minimum Gasteiger partial charge on any atom is -0.506 e. The smallest absolute Gasteiger partial charge is 0.263 e. The third kappa shape index (κ3) is 4.12. The molecule has 0 radical (unpaired) electrons. The van der Waals surface area contributed by atoms with Gasteiger partial charge in [0.2, 0.25) is 0 Å². The molecule has 7 heteroatoms. The molecule has 0 aromatic heterocycles. The molecule has 29 heavy (non-hydrogen) atoms. The average molecular weight is 486 g/mol. The van der Waals surface area contributed by atoms with Crippen LogP contribution in [0.15, 0.2) is 104 Å². The molecule has 4 aromatic rings. The third-order valence-corrected chi connectivity index (χ3v) is 7.74. The number of halogens is 1. The van der Waals surface area contributed by atoms with Crippen LogP contribution in [0.5, 0.6) is 5.75 Å². The summed E-state index contributed by atoms with van der Waals surface area (Å²) in [7, 11) is -3.83. The molecule has 0 aliphatic carbocycles. The van der Waals surface area contributed by atoms with Crippen molar-refractivity contribution in [3.05, 3.63) is 89.4 Å². The van der Waals surface area contributed by atoms with Gasteiger partial charge in [-0.05, 0) is 46.3 Å². The molecule has 4 rings (SSSR count). The van der Waals surface area contributed by atoms with Crippen molar-refractivity contribution in [1.82, 2.24) is 0 Å². The van der Waals surface area contributed by atoms with Gasteiger partial charge in [0.15, 0.2) is 0 Å². The second-order valence-corrected chi connectivity index (χ2v) is 9.89. The van der Waals surface area contributed by atoms with Crippen molar-refractivity contribution in [1.29, 1.82) is 0 Å². The van der Waals surface area contributed by atoms with Crippen LogP contribution in [-0.4, -0.2) is 13.5 Å². The van der Waals surface area contributed by atoms with Crippen molar-refractivity contribution in [2.75, 3.05) is 4.72 Å². The fourth-order valence-corrected chi connectivity index (χ4v) is 5.98. The molecule has 0 saturated carbocycles. The lowest BCUT2D eigenvalue weighted by molar-refractivity contribution is 0.469. The van der Waals surface area contributed by atoms with Gasteiger partial charge >= 0.3 is 0 Å². The monoisotopic (exact) mass is 485 g/mol. The van der Waals surface area contributed by atoms with E-state index in [1.165, 1.54) is 17.8 Å². The summed E-state index contributed by atoms with van der Waals surface area (Å²) in [5, 5.41) is 12.0. The molecule has 4 nitrogen and oxygen atoms in total. The minimum atomic E-state index is -3.83. The van der Waals surface area contributed by atoms with E-state index < -0.39 is 10.0 Å². The molecule has 0 aliphatic rings. The van der Waals surface area contributed by atoms with Crippen LogP contribution in [0.4, 0.5) is 5.69 Å². The molecule has 0 atom stereocenters. The maximum Gasteiger partial charge on any atom is 0.263 e. The molecule has 4 aromatic carbocycles. The Labute approximate surface area is 181 Å². The van der Waals surface area contributed by atoms with Gasteiger partial charge in [-0.15, -0.1) is 0 Å². The first-order valence-corrected chi connectivity index (χ1v) is 11.8. The maximum absolute atomic E-state index is 13.0. The highest BCUT2D eigenvalue weighted by Crippen LogP contribution is 2.43. The number of aromatic hydroxyl groups is 1. The van der Waals surface area contributed by atoms with E-state index in [0.717, 1.165) is 4.90 Å². The Hall–Kier alpha value is -2.48. The lowest BCUT2D eigenvalue weighted by atomic mass is 10.1. The Morgan fingerprint density at radius 1 is 0.828 bits per heavy atom. The van der Waals surface area contributed by atoms with Crippen LogP contribution in [-0.2, 0) is 10.0 Å². The van der Waals surface area contributed by atoms with Gasteiger partial charge < -0.3 is 5.11 Å². The van der Waals surface area contributed by atoms with E-state index in [9.17, 15) is 13.5 Å². The van der Waals surface area contributed by atoms with Gasteiger partial charge in [0.1, 0.15) is 10.6 Å². The topological polar surface area (TPSA) is 66.4 Å². The Morgan fingerprint density at radius 2 is 1.45 bits per heavy atom. The molecule has 0 spiro atoms. The summed E-state index contributed by atoms with van der Waals surface area (Å²) in [6.45, 7) is 0. The highest BCUT2D eigenvalue weighted by Gasteiger charge is 2.20. The SMILES string of the molecule is O=S(=O)(Nc1cc(Sc2ccccc2)c(O)c2ccccc12)c1ccccc1Br. The van der Waals surface area contributed by atoms with Gasteiger partial charge in [0.25, 0.3) is 10.0 Å². The molecule has 0 amide bonds. The van der Waals surface area contributed by atoms with E-state index in [1.54, 1.807) is 36.4 Å². The molecule has 0 fully saturated rings. The van der Waals surface area contributed by atoms with Crippen LogP contribution in [0.3, 0.4) is 0 Å². The Balaban J connectivity index is 1.83. The minimum absolute atomic E-state index is 0.123. The number of hydrogen-bond donors (Lipinski definition) is 2. The maximum atomic E-state index is 13.0. The number of rotatable bonds is 5. The summed E-state index contributed by atoms with van der Waals surface area (Å²) in [5.74, 6) is 0.123. The van der Waals surface area contributed by atoms with E-state index >= 15 is 0 Å². The first-order valence-electron chi connectivity index (χ1n) is 8.71. The first kappa shape index (κ1) is 19.8. The van der Waals surface area contributed by atoms with Crippen molar-refractivity contribution in [3.63, 3.8) is 0 Å². The zero-order valence-corrected chi connectivity index (χ0v) is 18.3. The van der Waals surface area contributed by atoms with Gasteiger partial charge in [-0.3, -0.25) is 4.72 Å². The van der Waals surface area contributed by atoms with E-state index in [1.807, 2.05) is 42.5 Å². The van der Waals surface area contributed by atoms with Gasteiger partial charge in [0.05, 0.1) is 10.6 Å². The van der Waals surface area contributed by atoms with Gasteiger partial charge in [-0.25, -0.2) is 8.42 Å².